The van der Waals surface area contributed by atoms with Crippen molar-refractivity contribution in [3.05, 3.63) is 58.9 Å². The summed E-state index contributed by atoms with van der Waals surface area (Å²) in [4.78, 5) is 23.0. The maximum absolute atomic E-state index is 12.9. The molecule has 2 amide bonds. The van der Waals surface area contributed by atoms with Gasteiger partial charge in [0.1, 0.15) is 5.82 Å². The highest BCUT2D eigenvalue weighted by atomic mass is 16.5. The average Bonchev–Trinajstić information content (AvgIpc) is 3.39. The highest BCUT2D eigenvalue weighted by Gasteiger charge is 2.32. The molecule has 6 heteroatoms. The van der Waals surface area contributed by atoms with Crippen molar-refractivity contribution in [2.24, 2.45) is 0 Å². The summed E-state index contributed by atoms with van der Waals surface area (Å²) < 4.78 is 5.45. The van der Waals surface area contributed by atoms with Crippen molar-refractivity contribution in [3.63, 3.8) is 0 Å². The number of nitrogens with one attached hydrogen (secondary N) is 2. The number of urea groups is 1. The van der Waals surface area contributed by atoms with Crippen LogP contribution in [-0.4, -0.2) is 27.4 Å². The van der Waals surface area contributed by atoms with E-state index in [-0.39, 0.29) is 12.1 Å². The molecule has 2 N–H and O–H groups in total. The minimum atomic E-state index is -0.0754. The Labute approximate surface area is 157 Å². The van der Waals surface area contributed by atoms with Crippen LogP contribution < -0.4 is 5.32 Å². The van der Waals surface area contributed by atoms with Crippen molar-refractivity contribution in [1.82, 2.24) is 14.9 Å². The minimum Gasteiger partial charge on any atom is -0.372 e. The maximum Gasteiger partial charge on any atom is 0.322 e. The number of likely N-dealkylation sites (tertiary alicyclic amines) is 1. The predicted octanol–water partition coefficient (Wildman–Crippen LogP) is 4.27. The summed E-state index contributed by atoms with van der Waals surface area (Å²) in [5.74, 6) is 0.870. The van der Waals surface area contributed by atoms with E-state index < -0.39 is 0 Å². The number of anilines is 1. The van der Waals surface area contributed by atoms with Gasteiger partial charge in [-0.3, -0.25) is 0 Å². The van der Waals surface area contributed by atoms with Crippen molar-refractivity contribution in [1.29, 1.82) is 0 Å². The van der Waals surface area contributed by atoms with Crippen LogP contribution in [0.2, 0.25) is 0 Å². The Hall–Kier alpha value is -2.86. The lowest BCUT2D eigenvalue weighted by Crippen LogP contribution is -2.34. The van der Waals surface area contributed by atoms with Gasteiger partial charge >= 0.3 is 6.03 Å². The van der Waals surface area contributed by atoms with E-state index >= 15 is 0 Å². The van der Waals surface area contributed by atoms with E-state index in [1.54, 1.807) is 0 Å². The smallest absolute Gasteiger partial charge is 0.322 e. The molecule has 2 aliphatic rings. The van der Waals surface area contributed by atoms with Gasteiger partial charge in [0, 0.05) is 12.2 Å². The number of carbonyl (C=O) groups excluding carboxylic acids is 1. The van der Waals surface area contributed by atoms with Gasteiger partial charge in [-0.1, -0.05) is 18.2 Å². The van der Waals surface area contributed by atoms with Crippen LogP contribution in [0, 0.1) is 6.92 Å². The Morgan fingerprint density at radius 3 is 3.04 bits per heavy atom. The van der Waals surface area contributed by atoms with E-state index in [9.17, 15) is 4.79 Å². The quantitative estimate of drug-likeness (QED) is 0.715. The number of rotatable bonds is 2. The second-order valence-corrected chi connectivity index (χ2v) is 7.35. The Balaban J connectivity index is 1.38. The lowest BCUT2D eigenvalue weighted by Gasteiger charge is -2.23. The van der Waals surface area contributed by atoms with E-state index in [4.69, 9.17) is 9.72 Å². The molecule has 0 bridgehead atoms. The molecule has 1 aromatic heterocycles. The number of hydrogen-bond acceptors (Lipinski definition) is 3. The first kappa shape index (κ1) is 16.3. The van der Waals surface area contributed by atoms with Crippen LogP contribution in [0.1, 0.15) is 41.4 Å². The minimum absolute atomic E-state index is 0.0189. The van der Waals surface area contributed by atoms with Crippen molar-refractivity contribution in [3.8, 4) is 0 Å². The molecule has 0 saturated carbocycles. The monoisotopic (exact) mass is 362 g/mol. The van der Waals surface area contributed by atoms with Gasteiger partial charge in [-0.25, -0.2) is 9.78 Å². The first-order valence-electron chi connectivity index (χ1n) is 9.41. The molecule has 1 atom stereocenters. The Bertz CT molecular complexity index is 1030. The molecular formula is C21H22N4O2. The molecule has 1 fully saturated rings. The zero-order valence-electron chi connectivity index (χ0n) is 15.3. The van der Waals surface area contributed by atoms with Crippen LogP contribution in [0.4, 0.5) is 10.5 Å². The van der Waals surface area contributed by atoms with Crippen molar-refractivity contribution < 1.29 is 9.53 Å². The second-order valence-electron chi connectivity index (χ2n) is 7.35. The molecule has 1 unspecified atom stereocenters. The standard InChI is InChI=1S/C21H22N4O2/c1-13-4-2-5-17-19(13)24-20(23-17)18-6-3-9-25(18)21(26)22-16-8-7-14-11-27-12-15(14)10-16/h2,4-5,7-8,10,18H,3,6,9,11-12H2,1H3,(H,22,26)(H,23,24). The zero-order valence-corrected chi connectivity index (χ0v) is 15.3. The fraction of sp³-hybridized carbons (Fsp3) is 0.333. The third-order valence-electron chi connectivity index (χ3n) is 5.53. The molecular weight excluding hydrogens is 340 g/mol. The second kappa shape index (κ2) is 6.39. The number of carbonyl (C=O) groups is 1. The number of aromatic nitrogens is 2. The summed E-state index contributed by atoms with van der Waals surface area (Å²) in [6.07, 6.45) is 1.90. The summed E-state index contributed by atoms with van der Waals surface area (Å²) in [5, 5.41) is 3.05. The Morgan fingerprint density at radius 2 is 2.15 bits per heavy atom. The fourth-order valence-electron chi connectivity index (χ4n) is 4.09. The lowest BCUT2D eigenvalue weighted by atomic mass is 10.1. The van der Waals surface area contributed by atoms with Gasteiger partial charge < -0.3 is 19.9 Å². The number of fused-ring (bicyclic) bond motifs is 2. The molecule has 0 radical (unpaired) electrons. The number of ether oxygens (including phenoxy) is 1. The zero-order chi connectivity index (χ0) is 18.4. The van der Waals surface area contributed by atoms with E-state index in [1.165, 1.54) is 5.56 Å². The number of aryl methyl sites for hydroxylation is 1. The molecule has 2 aromatic carbocycles. The van der Waals surface area contributed by atoms with Crippen LogP contribution in [0.15, 0.2) is 36.4 Å². The average molecular weight is 362 g/mol. The Kier molecular flexibility index (Phi) is 3.86. The molecule has 1 saturated heterocycles. The van der Waals surface area contributed by atoms with Gasteiger partial charge in [-0.15, -0.1) is 0 Å². The molecule has 0 aliphatic carbocycles. The van der Waals surface area contributed by atoms with Gasteiger partial charge in [0.2, 0.25) is 0 Å². The first-order chi connectivity index (χ1) is 13.2. The first-order valence-corrected chi connectivity index (χ1v) is 9.41. The van der Waals surface area contributed by atoms with Crippen LogP contribution in [-0.2, 0) is 18.0 Å². The third-order valence-corrected chi connectivity index (χ3v) is 5.53. The molecule has 5 rings (SSSR count). The van der Waals surface area contributed by atoms with E-state index in [2.05, 4.69) is 23.3 Å². The number of amides is 2. The van der Waals surface area contributed by atoms with Gasteiger partial charge in [-0.2, -0.15) is 0 Å². The Morgan fingerprint density at radius 1 is 1.26 bits per heavy atom. The number of aromatic amines is 1. The van der Waals surface area contributed by atoms with Crippen LogP contribution in [0.25, 0.3) is 11.0 Å². The number of hydrogen-bond donors (Lipinski definition) is 2. The van der Waals surface area contributed by atoms with Crippen molar-refractivity contribution in [2.45, 2.75) is 39.0 Å². The number of H-pyrrole nitrogens is 1. The molecule has 3 aromatic rings. The van der Waals surface area contributed by atoms with Crippen LogP contribution in [0.3, 0.4) is 0 Å². The van der Waals surface area contributed by atoms with Crippen molar-refractivity contribution >= 4 is 22.8 Å². The fourth-order valence-corrected chi connectivity index (χ4v) is 4.09. The summed E-state index contributed by atoms with van der Waals surface area (Å²) in [6.45, 7) is 4.07. The number of imidazole rings is 1. The van der Waals surface area contributed by atoms with Crippen molar-refractivity contribution in [2.75, 3.05) is 11.9 Å². The molecule has 138 valence electrons. The predicted molar refractivity (Wildman–Crippen MR) is 103 cm³/mol. The topological polar surface area (TPSA) is 70.2 Å². The van der Waals surface area contributed by atoms with Crippen LogP contribution >= 0.6 is 0 Å². The van der Waals surface area contributed by atoms with E-state index in [0.717, 1.165) is 53.1 Å². The maximum atomic E-state index is 12.9. The summed E-state index contributed by atoms with van der Waals surface area (Å²) >= 11 is 0. The number of para-hydroxylation sites is 1. The van der Waals surface area contributed by atoms with Gasteiger partial charge in [0.15, 0.2) is 0 Å². The van der Waals surface area contributed by atoms with E-state index in [1.807, 2.05) is 35.2 Å². The number of benzene rings is 2. The third kappa shape index (κ3) is 2.86. The lowest BCUT2D eigenvalue weighted by molar-refractivity contribution is 0.134. The largest absolute Gasteiger partial charge is 0.372 e. The summed E-state index contributed by atoms with van der Waals surface area (Å²) in [7, 11) is 0. The molecule has 3 heterocycles. The molecule has 2 aliphatic heterocycles. The molecule has 6 nitrogen and oxygen atoms in total. The highest BCUT2D eigenvalue weighted by Crippen LogP contribution is 2.33. The summed E-state index contributed by atoms with van der Waals surface area (Å²) in [5.41, 5.74) is 6.32. The SMILES string of the molecule is Cc1cccc2[nH]c(C3CCCN3C(=O)Nc3ccc4c(c3)COC4)nc12. The van der Waals surface area contributed by atoms with Gasteiger partial charge in [0.25, 0.3) is 0 Å². The van der Waals surface area contributed by atoms with Crippen LogP contribution in [0.5, 0.6) is 0 Å². The number of nitrogens with zero attached hydrogens (tertiary/aromatic N) is 2. The highest BCUT2D eigenvalue weighted by molar-refractivity contribution is 5.90. The summed E-state index contributed by atoms with van der Waals surface area (Å²) in [6, 6.07) is 12.0. The molecule has 27 heavy (non-hydrogen) atoms. The van der Waals surface area contributed by atoms with E-state index in [0.29, 0.717) is 13.2 Å². The van der Waals surface area contributed by atoms with Gasteiger partial charge in [-0.05, 0) is 54.7 Å². The molecule has 0 spiro atoms. The normalized spacial score (nSPS) is 18.9. The van der Waals surface area contributed by atoms with Gasteiger partial charge in [0.05, 0.1) is 30.3 Å².